The summed E-state index contributed by atoms with van der Waals surface area (Å²) < 4.78 is 35.0. The quantitative estimate of drug-likeness (QED) is 0.388. The molecule has 10 heteroatoms. The number of nitrogens with zero attached hydrogens (tertiary/aromatic N) is 2. The van der Waals surface area contributed by atoms with Gasteiger partial charge in [0.05, 0.1) is 26.7 Å². The van der Waals surface area contributed by atoms with E-state index in [2.05, 4.69) is 0 Å². The molecule has 0 aliphatic carbocycles. The third-order valence-electron chi connectivity index (χ3n) is 2.86. The lowest BCUT2D eigenvalue weighted by molar-refractivity contribution is -0.137. The second-order valence-corrected chi connectivity index (χ2v) is 7.64. The van der Waals surface area contributed by atoms with E-state index >= 15 is 0 Å². The van der Waals surface area contributed by atoms with Crippen molar-refractivity contribution in [3.8, 4) is 12.1 Å². The third kappa shape index (κ3) is 5.84. The number of rotatable bonds is 0. The maximum Gasteiger partial charge on any atom is 0.417 e. The van der Waals surface area contributed by atoms with Crippen molar-refractivity contribution in [3.05, 3.63) is 68.7 Å². The predicted molar refractivity (Wildman–Crippen MR) is 96.6 cm³/mol. The summed E-state index contributed by atoms with van der Waals surface area (Å²) in [6.07, 6.45) is -4.53. The summed E-state index contributed by atoms with van der Waals surface area (Å²) in [4.78, 5) is 0. The van der Waals surface area contributed by atoms with Gasteiger partial charge >= 0.3 is 6.18 Å². The minimum atomic E-state index is -4.53. The van der Waals surface area contributed by atoms with Crippen molar-refractivity contribution in [2.24, 2.45) is 0 Å². The molecule has 2 nitrogen and oxygen atoms in total. The van der Waals surface area contributed by atoms with Gasteiger partial charge in [-0.15, -0.1) is 0 Å². The molecule has 0 heterocycles. The first-order valence-corrected chi connectivity index (χ1v) is 8.34. The zero-order chi connectivity index (χ0) is 20.1. The van der Waals surface area contributed by atoms with Crippen LogP contribution in [0.2, 0.25) is 10.0 Å². The summed E-state index contributed by atoms with van der Waals surface area (Å²) in [7, 11) is 0. The second kappa shape index (κ2) is 9.04. The first-order valence-electron chi connectivity index (χ1n) is 6.45. The summed E-state index contributed by atoms with van der Waals surface area (Å²) >= 11 is 28.1. The first kappa shape index (κ1) is 22.7. The SMILES string of the molecule is N#Cc1c(Cl)cccc1C(Cl)(Cl)Cl.N#Cc1c(Cl)cccc1C(F)(F)F. The Labute approximate surface area is 172 Å². The topological polar surface area (TPSA) is 47.6 Å². The molecular weight excluding hydrogens is 454 g/mol. The van der Waals surface area contributed by atoms with Gasteiger partial charge in [-0.2, -0.15) is 23.7 Å². The van der Waals surface area contributed by atoms with E-state index in [1.54, 1.807) is 18.2 Å². The molecule has 136 valence electrons. The average molecular weight is 460 g/mol. The van der Waals surface area contributed by atoms with Crippen LogP contribution in [0.3, 0.4) is 0 Å². The molecule has 2 aromatic rings. The maximum atomic E-state index is 12.2. The molecule has 2 aromatic carbocycles. The monoisotopic (exact) mass is 458 g/mol. The third-order valence-corrected chi connectivity index (χ3v) is 4.10. The Morgan fingerprint density at radius 1 is 0.731 bits per heavy atom. The van der Waals surface area contributed by atoms with Crippen molar-refractivity contribution < 1.29 is 13.2 Å². The Kier molecular flexibility index (Phi) is 7.89. The van der Waals surface area contributed by atoms with Crippen molar-refractivity contribution >= 4 is 58.0 Å². The second-order valence-electron chi connectivity index (χ2n) is 4.54. The Bertz CT molecular complexity index is 804. The van der Waals surface area contributed by atoms with Gasteiger partial charge in [0.1, 0.15) is 12.1 Å². The Balaban J connectivity index is 0.000000260. The molecular formula is C16H6Cl5F3N2. The number of halogens is 8. The van der Waals surface area contributed by atoms with Crippen LogP contribution in [0.15, 0.2) is 36.4 Å². The molecule has 0 spiro atoms. The number of benzene rings is 2. The molecule has 0 fully saturated rings. The molecule has 26 heavy (non-hydrogen) atoms. The highest BCUT2D eigenvalue weighted by atomic mass is 35.6. The summed E-state index contributed by atoms with van der Waals surface area (Å²) in [6.45, 7) is 0. The van der Waals surface area contributed by atoms with Crippen LogP contribution in [-0.4, -0.2) is 0 Å². The number of alkyl halides is 6. The van der Waals surface area contributed by atoms with E-state index in [-0.39, 0.29) is 15.6 Å². The molecule has 0 atom stereocenters. The molecule has 0 aromatic heterocycles. The van der Waals surface area contributed by atoms with Gasteiger partial charge in [-0.3, -0.25) is 0 Å². The Morgan fingerprint density at radius 3 is 1.38 bits per heavy atom. The van der Waals surface area contributed by atoms with Crippen LogP contribution in [0.4, 0.5) is 13.2 Å². The molecule has 0 aliphatic heterocycles. The maximum absolute atomic E-state index is 12.2. The van der Waals surface area contributed by atoms with Crippen molar-refractivity contribution in [2.45, 2.75) is 9.97 Å². The van der Waals surface area contributed by atoms with Gasteiger partial charge in [0.25, 0.3) is 0 Å². The zero-order valence-corrected chi connectivity index (χ0v) is 16.2. The molecule has 0 bridgehead atoms. The molecule has 0 saturated carbocycles. The van der Waals surface area contributed by atoms with Crippen LogP contribution in [0, 0.1) is 22.7 Å². The summed E-state index contributed by atoms with van der Waals surface area (Å²) in [6, 6.07) is 11.3. The van der Waals surface area contributed by atoms with Crippen molar-refractivity contribution in [3.63, 3.8) is 0 Å². The van der Waals surface area contributed by atoms with Gasteiger partial charge in [-0.25, -0.2) is 0 Å². The lowest BCUT2D eigenvalue weighted by Crippen LogP contribution is -2.07. The zero-order valence-electron chi connectivity index (χ0n) is 12.4. The van der Waals surface area contributed by atoms with Crippen molar-refractivity contribution in [1.82, 2.24) is 0 Å². The molecule has 0 N–H and O–H groups in total. The van der Waals surface area contributed by atoms with Crippen molar-refractivity contribution in [2.75, 3.05) is 0 Å². The van der Waals surface area contributed by atoms with Gasteiger partial charge in [0, 0.05) is 5.56 Å². The normalized spacial score (nSPS) is 11.0. The van der Waals surface area contributed by atoms with Crippen LogP contribution in [0.5, 0.6) is 0 Å². The minimum absolute atomic E-state index is 0.183. The summed E-state index contributed by atoms with van der Waals surface area (Å²) in [5.74, 6) is 0. The predicted octanol–water partition coefficient (Wildman–Crippen LogP) is 7.27. The van der Waals surface area contributed by atoms with E-state index in [9.17, 15) is 13.2 Å². The van der Waals surface area contributed by atoms with Gasteiger partial charge in [-0.05, 0) is 18.2 Å². The van der Waals surface area contributed by atoms with E-state index in [0.29, 0.717) is 5.56 Å². The molecule has 0 unspecified atom stereocenters. The van der Waals surface area contributed by atoms with Crippen LogP contribution < -0.4 is 0 Å². The number of hydrogen-bond acceptors (Lipinski definition) is 2. The van der Waals surface area contributed by atoms with Gasteiger partial charge in [0.2, 0.25) is 3.79 Å². The van der Waals surface area contributed by atoms with Crippen molar-refractivity contribution in [1.29, 1.82) is 10.5 Å². The van der Waals surface area contributed by atoms with E-state index in [4.69, 9.17) is 68.5 Å². The smallest absolute Gasteiger partial charge is 0.192 e. The number of hydrogen-bond donors (Lipinski definition) is 0. The Hall–Kier alpha value is -1.34. The first-order chi connectivity index (χ1) is 11.9. The molecule has 0 aliphatic rings. The number of nitriles is 2. The molecule has 0 radical (unpaired) electrons. The van der Waals surface area contributed by atoms with Crippen LogP contribution in [0.25, 0.3) is 0 Å². The molecule has 0 saturated heterocycles. The molecule has 0 amide bonds. The van der Waals surface area contributed by atoms with Crippen LogP contribution >= 0.6 is 58.0 Å². The Morgan fingerprint density at radius 2 is 1.12 bits per heavy atom. The van der Waals surface area contributed by atoms with Gasteiger partial charge in [-0.1, -0.05) is 76.2 Å². The molecule has 2 rings (SSSR count). The highest BCUT2D eigenvalue weighted by Gasteiger charge is 2.34. The van der Waals surface area contributed by atoms with E-state index in [1.165, 1.54) is 12.1 Å². The highest BCUT2D eigenvalue weighted by molar-refractivity contribution is 6.66. The van der Waals surface area contributed by atoms with E-state index in [1.807, 2.05) is 6.07 Å². The highest BCUT2D eigenvalue weighted by Crippen LogP contribution is 2.41. The van der Waals surface area contributed by atoms with E-state index < -0.39 is 21.1 Å². The standard InChI is InChI=1S/C8H3Cl4N.C8H3ClF3N/c2*9-7-3-1-2-6(5(7)4-13)8(10,11)12/h2*1-3H. The van der Waals surface area contributed by atoms with Gasteiger partial charge < -0.3 is 0 Å². The summed E-state index contributed by atoms with van der Waals surface area (Å²) in [5.41, 5.74) is -1.03. The van der Waals surface area contributed by atoms with Gasteiger partial charge in [0.15, 0.2) is 0 Å². The van der Waals surface area contributed by atoms with E-state index in [0.717, 1.165) is 12.1 Å². The fourth-order valence-corrected chi connectivity index (χ4v) is 2.65. The summed E-state index contributed by atoms with van der Waals surface area (Å²) in [5, 5.41) is 17.3. The lowest BCUT2D eigenvalue weighted by atomic mass is 10.1. The lowest BCUT2D eigenvalue weighted by Gasteiger charge is -2.13. The average Bonchev–Trinajstić information content (AvgIpc) is 2.53. The largest absolute Gasteiger partial charge is 0.417 e. The fraction of sp³-hybridized carbons (Fsp3) is 0.125. The van der Waals surface area contributed by atoms with Crippen LogP contribution in [-0.2, 0) is 9.97 Å². The minimum Gasteiger partial charge on any atom is -0.192 e. The fourth-order valence-electron chi connectivity index (χ4n) is 1.75. The van der Waals surface area contributed by atoms with Crippen LogP contribution in [0.1, 0.15) is 22.3 Å².